The number of rotatable bonds is 7. The number of hydrogen-bond acceptors (Lipinski definition) is 6. The van der Waals surface area contributed by atoms with Crippen LogP contribution in [0.1, 0.15) is 31.2 Å². The zero-order chi connectivity index (χ0) is 19.9. The van der Waals surface area contributed by atoms with Crippen molar-refractivity contribution in [2.75, 3.05) is 10.6 Å². The minimum atomic E-state index is -0.181. The number of amides is 2. The van der Waals surface area contributed by atoms with Gasteiger partial charge in [-0.25, -0.2) is 0 Å². The number of pyridine rings is 1. The van der Waals surface area contributed by atoms with E-state index in [1.54, 1.807) is 37.4 Å². The number of carbonyl (C=O) groups excluding carboxylic acids is 2. The van der Waals surface area contributed by atoms with E-state index in [-0.39, 0.29) is 18.2 Å². The monoisotopic (exact) mass is 379 g/mol. The van der Waals surface area contributed by atoms with Crippen LogP contribution in [0.4, 0.5) is 11.4 Å². The van der Waals surface area contributed by atoms with Gasteiger partial charge < -0.3 is 15.2 Å². The molecule has 2 N–H and O–H groups in total. The third-order valence-corrected chi connectivity index (χ3v) is 4.04. The number of hydrogen-bond donors (Lipinski definition) is 2. The number of aryl methyl sites for hydroxylation is 2. The normalized spacial score (nSPS) is 10.5. The lowest BCUT2D eigenvalue weighted by atomic mass is 10.1. The van der Waals surface area contributed by atoms with Gasteiger partial charge in [0.1, 0.15) is 5.69 Å². The maximum Gasteiger partial charge on any atom is 0.227 e. The minimum Gasteiger partial charge on any atom is -0.339 e. The molecule has 0 aliphatic rings. The smallest absolute Gasteiger partial charge is 0.227 e. The van der Waals surface area contributed by atoms with E-state index in [2.05, 4.69) is 25.8 Å². The topological polar surface area (TPSA) is 110 Å². The van der Waals surface area contributed by atoms with E-state index in [1.807, 2.05) is 19.1 Å². The molecule has 8 nitrogen and oxygen atoms in total. The van der Waals surface area contributed by atoms with Gasteiger partial charge in [-0.05, 0) is 36.8 Å². The summed E-state index contributed by atoms with van der Waals surface area (Å²) in [6, 6.07) is 10.8. The van der Waals surface area contributed by atoms with Crippen LogP contribution < -0.4 is 10.6 Å². The van der Waals surface area contributed by atoms with E-state index in [0.29, 0.717) is 41.6 Å². The number of aromatic nitrogens is 3. The van der Waals surface area contributed by atoms with Crippen molar-refractivity contribution in [1.82, 2.24) is 15.1 Å². The van der Waals surface area contributed by atoms with Crippen molar-refractivity contribution in [2.45, 2.75) is 33.1 Å². The van der Waals surface area contributed by atoms with Crippen LogP contribution in [-0.2, 0) is 16.0 Å². The molecule has 0 bridgehead atoms. The van der Waals surface area contributed by atoms with Gasteiger partial charge in [0.15, 0.2) is 0 Å². The lowest BCUT2D eigenvalue weighted by molar-refractivity contribution is -0.116. The van der Waals surface area contributed by atoms with Crippen molar-refractivity contribution in [3.63, 3.8) is 0 Å². The highest BCUT2D eigenvalue weighted by Crippen LogP contribution is 2.21. The van der Waals surface area contributed by atoms with Gasteiger partial charge in [0.05, 0.1) is 0 Å². The Labute approximate surface area is 162 Å². The second kappa shape index (κ2) is 8.90. The summed E-state index contributed by atoms with van der Waals surface area (Å²) in [7, 11) is 0. The first-order chi connectivity index (χ1) is 13.5. The van der Waals surface area contributed by atoms with Crippen molar-refractivity contribution >= 4 is 23.2 Å². The predicted octanol–water partition coefficient (Wildman–Crippen LogP) is 3.36. The second-order valence-electron chi connectivity index (χ2n) is 6.21. The first kappa shape index (κ1) is 19.2. The average molecular weight is 379 g/mol. The predicted molar refractivity (Wildman–Crippen MR) is 105 cm³/mol. The molecule has 0 unspecified atom stereocenters. The van der Waals surface area contributed by atoms with Gasteiger partial charge in [-0.3, -0.25) is 14.6 Å². The zero-order valence-electron chi connectivity index (χ0n) is 15.7. The second-order valence-corrected chi connectivity index (χ2v) is 6.21. The van der Waals surface area contributed by atoms with Gasteiger partial charge in [0.25, 0.3) is 0 Å². The van der Waals surface area contributed by atoms with Gasteiger partial charge in [0, 0.05) is 36.8 Å². The van der Waals surface area contributed by atoms with Gasteiger partial charge in [-0.1, -0.05) is 24.2 Å². The van der Waals surface area contributed by atoms with Crippen molar-refractivity contribution in [3.8, 4) is 11.5 Å². The molecule has 28 heavy (non-hydrogen) atoms. The van der Waals surface area contributed by atoms with Crippen LogP contribution in [0, 0.1) is 6.92 Å². The first-order valence-electron chi connectivity index (χ1n) is 8.99. The molecule has 0 aliphatic carbocycles. The Bertz CT molecular complexity index is 969. The van der Waals surface area contributed by atoms with Crippen LogP contribution >= 0.6 is 0 Å². The van der Waals surface area contributed by atoms with Crippen LogP contribution in [-0.4, -0.2) is 26.9 Å². The first-order valence-corrected chi connectivity index (χ1v) is 8.99. The van der Waals surface area contributed by atoms with E-state index in [4.69, 9.17) is 4.52 Å². The standard InChI is InChI=1S/C20H21N5O3/c1-3-17(26)22-14-8-7-13(2)16(12-14)23-18(27)9-10-19-24-20(25-28-19)15-6-4-5-11-21-15/h4-8,11-12H,3,9-10H2,1-2H3,(H,22,26)(H,23,27). The Morgan fingerprint density at radius 2 is 1.96 bits per heavy atom. The summed E-state index contributed by atoms with van der Waals surface area (Å²) in [5.74, 6) is 0.503. The number of nitrogens with zero attached hydrogens (tertiary/aromatic N) is 3. The fourth-order valence-corrected chi connectivity index (χ4v) is 2.47. The number of benzene rings is 1. The fourth-order valence-electron chi connectivity index (χ4n) is 2.47. The molecule has 8 heteroatoms. The number of anilines is 2. The highest BCUT2D eigenvalue weighted by atomic mass is 16.5. The quantitative estimate of drug-likeness (QED) is 0.651. The Hall–Kier alpha value is -3.55. The van der Waals surface area contributed by atoms with Crippen molar-refractivity contribution in [3.05, 3.63) is 54.0 Å². The van der Waals surface area contributed by atoms with E-state index in [1.165, 1.54) is 0 Å². The molecule has 2 heterocycles. The zero-order valence-corrected chi connectivity index (χ0v) is 15.7. The van der Waals surface area contributed by atoms with Crippen molar-refractivity contribution in [2.24, 2.45) is 0 Å². The third kappa shape index (κ3) is 5.00. The number of nitrogens with one attached hydrogen (secondary N) is 2. The molecule has 0 spiro atoms. The lowest BCUT2D eigenvalue weighted by Gasteiger charge is -2.11. The number of carbonyl (C=O) groups is 2. The summed E-state index contributed by atoms with van der Waals surface area (Å²) >= 11 is 0. The SMILES string of the molecule is CCC(=O)Nc1ccc(C)c(NC(=O)CCc2nc(-c3ccccn3)no2)c1. The van der Waals surface area contributed by atoms with Crippen molar-refractivity contribution < 1.29 is 14.1 Å². The summed E-state index contributed by atoms with van der Waals surface area (Å²) in [6.07, 6.45) is 2.55. The summed E-state index contributed by atoms with van der Waals surface area (Å²) < 4.78 is 5.19. The summed E-state index contributed by atoms with van der Waals surface area (Å²) in [6.45, 7) is 3.67. The van der Waals surface area contributed by atoms with Gasteiger partial charge in [-0.2, -0.15) is 4.98 Å². The molecule has 3 rings (SSSR count). The summed E-state index contributed by atoms with van der Waals surface area (Å²) in [5, 5.41) is 9.53. The average Bonchev–Trinajstić information content (AvgIpc) is 3.18. The summed E-state index contributed by atoms with van der Waals surface area (Å²) in [4.78, 5) is 32.3. The molecule has 0 atom stereocenters. The Kier molecular flexibility index (Phi) is 6.11. The van der Waals surface area contributed by atoms with Gasteiger partial charge >= 0.3 is 0 Å². The van der Waals surface area contributed by atoms with E-state index in [9.17, 15) is 9.59 Å². The van der Waals surface area contributed by atoms with Crippen molar-refractivity contribution in [1.29, 1.82) is 0 Å². The Balaban J connectivity index is 1.58. The molecule has 0 saturated heterocycles. The highest BCUT2D eigenvalue weighted by molar-refractivity contribution is 5.94. The molecule has 0 aliphatic heterocycles. The molecule has 0 fully saturated rings. The molecule has 3 aromatic rings. The van der Waals surface area contributed by atoms with Gasteiger partial charge in [-0.15, -0.1) is 0 Å². The molecule has 2 amide bonds. The van der Waals surface area contributed by atoms with Crippen LogP contribution in [0.2, 0.25) is 0 Å². The third-order valence-electron chi connectivity index (χ3n) is 4.04. The Morgan fingerprint density at radius 1 is 1.11 bits per heavy atom. The highest BCUT2D eigenvalue weighted by Gasteiger charge is 2.12. The lowest BCUT2D eigenvalue weighted by Crippen LogP contribution is -2.14. The summed E-state index contributed by atoms with van der Waals surface area (Å²) in [5.41, 5.74) is 2.81. The molecule has 0 radical (unpaired) electrons. The molecule has 1 aromatic carbocycles. The van der Waals surface area contributed by atoms with E-state index >= 15 is 0 Å². The molecular formula is C20H21N5O3. The molecular weight excluding hydrogens is 358 g/mol. The Morgan fingerprint density at radius 3 is 2.71 bits per heavy atom. The largest absolute Gasteiger partial charge is 0.339 e. The maximum atomic E-state index is 12.3. The van der Waals surface area contributed by atoms with E-state index < -0.39 is 0 Å². The van der Waals surface area contributed by atoms with Gasteiger partial charge in [0.2, 0.25) is 23.5 Å². The fraction of sp³-hybridized carbons (Fsp3) is 0.250. The van der Waals surface area contributed by atoms with Crippen LogP contribution in [0.25, 0.3) is 11.5 Å². The van der Waals surface area contributed by atoms with Crippen LogP contribution in [0.15, 0.2) is 47.1 Å². The van der Waals surface area contributed by atoms with Crippen LogP contribution in [0.5, 0.6) is 0 Å². The molecule has 2 aromatic heterocycles. The van der Waals surface area contributed by atoms with Crippen LogP contribution in [0.3, 0.4) is 0 Å². The molecule has 0 saturated carbocycles. The molecule has 144 valence electrons. The maximum absolute atomic E-state index is 12.3. The van der Waals surface area contributed by atoms with E-state index in [0.717, 1.165) is 5.56 Å². The minimum absolute atomic E-state index is 0.0822.